The molecule has 66 heavy (non-hydrogen) atoms. The molecular weight excluding hydrogens is 969 g/mol. The van der Waals surface area contributed by atoms with Gasteiger partial charge in [0.2, 0.25) is 16.8 Å². The van der Waals surface area contributed by atoms with Gasteiger partial charge in [-0.15, -0.1) is 0 Å². The average molecular weight is 1010 g/mol. The maximum Gasteiger partial charge on any atom is 0.449 e. The highest BCUT2D eigenvalue weighted by molar-refractivity contribution is 5.78. The zero-order valence-electron chi connectivity index (χ0n) is 34.5. The van der Waals surface area contributed by atoms with E-state index in [2.05, 4.69) is 28.4 Å². The first-order chi connectivity index (χ1) is 29.3. The molecule has 3 aliphatic heterocycles. The van der Waals surface area contributed by atoms with Crippen molar-refractivity contribution < 1.29 is 155 Å². The molecule has 0 spiro atoms. The van der Waals surface area contributed by atoms with Gasteiger partial charge < -0.3 is 74.4 Å². The van der Waals surface area contributed by atoms with Gasteiger partial charge >= 0.3 is 71.6 Å². The van der Waals surface area contributed by atoms with E-state index in [9.17, 15) is 85.3 Å². The van der Waals surface area contributed by atoms with Crippen LogP contribution >= 0.6 is 0 Å². The standard InChI is InChI=1S/C12H17F5O6.C11H15F5O6.C10H13F5O6/c1-3-9(4-18,5-19)7(20)23-8(2)6-22-11(21,10(8,13)14)12(15,16)17;1-7(3-17,4-18)6(19)22-8(2)5-21-10(20,9(8,12)13)11(14,15)16;1-7(21-6(18)5(2-16)3-17)4-20-9(19,8(7,11)12)10(13,14)15/h18-19,21H,3-6H2,1-2H3;17-18,20H,3-5H2,1-2H3;5,16-17,19H,2-4H2,1H3. The molecule has 3 saturated heterocycles. The van der Waals surface area contributed by atoms with Gasteiger partial charge in [0.05, 0.1) is 59.5 Å². The fraction of sp³-hybridized carbons (Fsp3) is 0.909. The van der Waals surface area contributed by atoms with Gasteiger partial charge in [-0.25, -0.2) is 0 Å². The molecule has 0 aromatic heterocycles. The predicted octanol–water partition coefficient (Wildman–Crippen LogP) is 0.587. The van der Waals surface area contributed by atoms with Crippen LogP contribution in [0.15, 0.2) is 0 Å². The highest BCUT2D eigenvalue weighted by Gasteiger charge is 2.85. The summed E-state index contributed by atoms with van der Waals surface area (Å²) in [5.74, 6) is -35.7. The summed E-state index contributed by atoms with van der Waals surface area (Å²) in [5.41, 5.74) is -13.4. The molecule has 18 nitrogen and oxygen atoms in total. The van der Waals surface area contributed by atoms with Gasteiger partial charge in [0.25, 0.3) is 0 Å². The van der Waals surface area contributed by atoms with Crippen LogP contribution < -0.4 is 0 Å². The Labute approximate surface area is 360 Å². The number of aliphatic hydroxyl groups is 9. The minimum Gasteiger partial charge on any atom is -0.450 e. The maximum absolute atomic E-state index is 14.1. The van der Waals surface area contributed by atoms with Crippen LogP contribution in [0.3, 0.4) is 0 Å². The fourth-order valence-electron chi connectivity index (χ4n) is 5.28. The number of aliphatic hydroxyl groups excluding tert-OH is 6. The molecule has 0 bridgehead atoms. The number of carbonyl (C=O) groups excluding carboxylic acids is 3. The minimum atomic E-state index is -5.84. The minimum absolute atomic E-state index is 0.217. The molecule has 6 unspecified atom stereocenters. The second-order valence-electron chi connectivity index (χ2n) is 15.8. The Morgan fingerprint density at radius 1 is 0.530 bits per heavy atom. The Morgan fingerprint density at radius 2 is 0.803 bits per heavy atom. The molecule has 0 saturated carbocycles. The molecule has 33 heteroatoms. The van der Waals surface area contributed by atoms with E-state index >= 15 is 0 Å². The van der Waals surface area contributed by atoms with E-state index in [0.717, 1.165) is 6.92 Å². The average Bonchev–Trinajstić information content (AvgIpc) is 3.60. The first-order valence-electron chi connectivity index (χ1n) is 18.1. The number of alkyl halides is 15. The van der Waals surface area contributed by atoms with Crippen molar-refractivity contribution in [2.24, 2.45) is 16.7 Å². The number of hydrogen-bond donors (Lipinski definition) is 9. The number of hydrogen-bond acceptors (Lipinski definition) is 18. The molecule has 390 valence electrons. The second-order valence-corrected chi connectivity index (χ2v) is 15.8. The van der Waals surface area contributed by atoms with Crippen LogP contribution in [0.5, 0.6) is 0 Å². The van der Waals surface area contributed by atoms with Crippen molar-refractivity contribution in [1.29, 1.82) is 0 Å². The van der Waals surface area contributed by atoms with Crippen LogP contribution in [0.2, 0.25) is 0 Å². The molecule has 3 heterocycles. The van der Waals surface area contributed by atoms with Crippen LogP contribution in [0.25, 0.3) is 0 Å². The van der Waals surface area contributed by atoms with Crippen molar-refractivity contribution in [2.45, 2.75) is 112 Å². The number of rotatable bonds is 13. The van der Waals surface area contributed by atoms with E-state index in [4.69, 9.17) is 40.9 Å². The molecule has 6 atom stereocenters. The Hall–Kier alpha value is -3.12. The number of esters is 3. The summed E-state index contributed by atoms with van der Waals surface area (Å²) in [4.78, 5) is 35.1. The number of halogens is 15. The predicted molar refractivity (Wildman–Crippen MR) is 176 cm³/mol. The smallest absolute Gasteiger partial charge is 0.449 e. The Balaban J connectivity index is 0.000000496. The maximum atomic E-state index is 14.1. The third kappa shape index (κ3) is 9.85. The highest BCUT2D eigenvalue weighted by atomic mass is 19.4. The molecule has 0 radical (unpaired) electrons. The normalized spacial score (nSPS) is 31.9. The molecule has 0 aliphatic carbocycles. The van der Waals surface area contributed by atoms with Gasteiger partial charge in [0.15, 0.2) is 0 Å². The van der Waals surface area contributed by atoms with Crippen molar-refractivity contribution >= 4 is 17.9 Å². The van der Waals surface area contributed by atoms with Crippen molar-refractivity contribution in [3.8, 4) is 0 Å². The number of ether oxygens (including phenoxy) is 6. The topological polar surface area (TPSA) is 289 Å². The zero-order valence-corrected chi connectivity index (χ0v) is 34.5. The molecule has 3 rings (SSSR count). The van der Waals surface area contributed by atoms with Gasteiger partial charge in [0.1, 0.15) is 16.7 Å². The van der Waals surface area contributed by atoms with Crippen molar-refractivity contribution in [1.82, 2.24) is 0 Å². The van der Waals surface area contributed by atoms with Crippen molar-refractivity contribution in [2.75, 3.05) is 59.5 Å². The van der Waals surface area contributed by atoms with E-state index in [1.165, 1.54) is 6.92 Å². The first-order valence-corrected chi connectivity index (χ1v) is 18.1. The Morgan fingerprint density at radius 3 is 1.02 bits per heavy atom. The van der Waals surface area contributed by atoms with Crippen LogP contribution in [0.1, 0.15) is 41.0 Å². The third-order valence-corrected chi connectivity index (χ3v) is 10.7. The summed E-state index contributed by atoms with van der Waals surface area (Å²) in [5, 5.41) is 81.1. The molecular formula is C33H45F15O18. The Bertz CT molecular complexity index is 1700. The lowest BCUT2D eigenvalue weighted by Gasteiger charge is -2.37. The summed E-state index contributed by atoms with van der Waals surface area (Å²) in [6.07, 6.45) is -17.7. The lowest BCUT2D eigenvalue weighted by molar-refractivity contribution is -0.409. The summed E-state index contributed by atoms with van der Waals surface area (Å²) in [6.45, 7) is -6.47. The molecule has 3 aliphatic rings. The van der Waals surface area contributed by atoms with E-state index < -0.39 is 165 Å². The van der Waals surface area contributed by atoms with Gasteiger partial charge in [-0.3, -0.25) is 14.4 Å². The van der Waals surface area contributed by atoms with E-state index in [1.54, 1.807) is 0 Å². The quantitative estimate of drug-likeness (QED) is 0.0693. The lowest BCUT2D eigenvalue weighted by Crippen LogP contribution is -2.64. The van der Waals surface area contributed by atoms with Crippen molar-refractivity contribution in [3.63, 3.8) is 0 Å². The summed E-state index contributed by atoms with van der Waals surface area (Å²) in [6, 6.07) is 0. The van der Waals surface area contributed by atoms with E-state index in [-0.39, 0.29) is 6.42 Å². The lowest BCUT2D eigenvalue weighted by atomic mass is 9.86. The molecule has 3 fully saturated rings. The SMILES string of the molecule is CC(CO)(CO)C(=O)OC1(C)COC(O)(C(F)(F)F)C1(F)F.CC1(OC(=O)C(CO)CO)COC(O)(C(F)(F)F)C1(F)F.CCC(CO)(CO)C(=O)OC1(C)COC(O)(C(F)(F)F)C1(F)F. The second kappa shape index (κ2) is 19.3. The molecule has 9 N–H and O–H groups in total. The molecule has 0 aromatic carbocycles. The monoisotopic (exact) mass is 1010 g/mol. The third-order valence-electron chi connectivity index (χ3n) is 10.7. The van der Waals surface area contributed by atoms with Gasteiger partial charge in [-0.2, -0.15) is 65.9 Å². The zero-order chi connectivity index (χ0) is 52.6. The highest BCUT2D eigenvalue weighted by Crippen LogP contribution is 2.57. The van der Waals surface area contributed by atoms with Crippen LogP contribution in [0.4, 0.5) is 65.9 Å². The number of carbonyl (C=O) groups is 3. The van der Waals surface area contributed by atoms with E-state index in [0.29, 0.717) is 20.8 Å². The fourth-order valence-corrected chi connectivity index (χ4v) is 5.28. The molecule has 0 amide bonds. The van der Waals surface area contributed by atoms with Gasteiger partial charge in [-0.1, -0.05) is 6.92 Å². The molecule has 0 aromatic rings. The largest absolute Gasteiger partial charge is 0.450 e. The Kier molecular flexibility index (Phi) is 17.9. The van der Waals surface area contributed by atoms with Crippen molar-refractivity contribution in [3.05, 3.63) is 0 Å². The van der Waals surface area contributed by atoms with Gasteiger partial charge in [-0.05, 0) is 34.1 Å². The van der Waals surface area contributed by atoms with E-state index in [1.807, 2.05) is 0 Å². The van der Waals surface area contributed by atoms with Crippen LogP contribution in [-0.2, 0) is 42.8 Å². The van der Waals surface area contributed by atoms with Crippen LogP contribution in [-0.4, -0.2) is 194 Å². The van der Waals surface area contributed by atoms with Crippen LogP contribution in [0, 0.1) is 16.7 Å². The van der Waals surface area contributed by atoms with Gasteiger partial charge in [0, 0.05) is 0 Å². The first kappa shape index (κ1) is 60.9. The summed E-state index contributed by atoms with van der Waals surface area (Å²) in [7, 11) is 0. The summed E-state index contributed by atoms with van der Waals surface area (Å²) >= 11 is 0. The summed E-state index contributed by atoms with van der Waals surface area (Å²) < 4.78 is 222.